The number of ketones is 1. The molecule has 0 heterocycles. The predicted molar refractivity (Wildman–Crippen MR) is 57.8 cm³/mol. The van der Waals surface area contributed by atoms with Crippen molar-refractivity contribution in [1.29, 1.82) is 0 Å². The van der Waals surface area contributed by atoms with Crippen molar-refractivity contribution in [2.75, 3.05) is 0 Å². The van der Waals surface area contributed by atoms with Gasteiger partial charge in [0.15, 0.2) is 5.78 Å². The van der Waals surface area contributed by atoms with Crippen LogP contribution in [0, 0.1) is 0 Å². The second kappa shape index (κ2) is 8.03. The van der Waals surface area contributed by atoms with E-state index in [4.69, 9.17) is 0 Å². The van der Waals surface area contributed by atoms with Crippen LogP contribution < -0.4 is 0 Å². The first kappa shape index (κ1) is 12.4. The SMILES string of the molecule is CCCCCCCC(=O)C=C(C)C. The van der Waals surface area contributed by atoms with Gasteiger partial charge < -0.3 is 0 Å². The Morgan fingerprint density at radius 3 is 2.23 bits per heavy atom. The molecular formula is C12H22O. The zero-order valence-corrected chi connectivity index (χ0v) is 9.23. The Labute approximate surface area is 82.2 Å². The number of hydrogen-bond acceptors (Lipinski definition) is 1. The van der Waals surface area contributed by atoms with Crippen molar-refractivity contribution in [3.8, 4) is 0 Å². The zero-order valence-electron chi connectivity index (χ0n) is 9.23. The van der Waals surface area contributed by atoms with Crippen LogP contribution in [-0.2, 0) is 4.79 Å². The van der Waals surface area contributed by atoms with Crippen molar-refractivity contribution in [2.24, 2.45) is 0 Å². The summed E-state index contributed by atoms with van der Waals surface area (Å²) in [6.07, 6.45) is 8.59. The van der Waals surface area contributed by atoms with Crippen LogP contribution in [0.5, 0.6) is 0 Å². The van der Waals surface area contributed by atoms with Gasteiger partial charge in [-0.3, -0.25) is 4.79 Å². The smallest absolute Gasteiger partial charge is 0.155 e. The molecule has 0 aliphatic carbocycles. The lowest BCUT2D eigenvalue weighted by Gasteiger charge is -1.97. The summed E-state index contributed by atoms with van der Waals surface area (Å²) in [5.41, 5.74) is 1.11. The van der Waals surface area contributed by atoms with Gasteiger partial charge in [-0.15, -0.1) is 0 Å². The van der Waals surface area contributed by atoms with Crippen LogP contribution in [0.1, 0.15) is 59.3 Å². The summed E-state index contributed by atoms with van der Waals surface area (Å²) in [7, 11) is 0. The summed E-state index contributed by atoms with van der Waals surface area (Å²) in [6, 6.07) is 0. The molecule has 0 N–H and O–H groups in total. The first-order valence-corrected chi connectivity index (χ1v) is 5.34. The van der Waals surface area contributed by atoms with Gasteiger partial charge in [0.05, 0.1) is 0 Å². The number of unbranched alkanes of at least 4 members (excludes halogenated alkanes) is 4. The Hall–Kier alpha value is -0.590. The van der Waals surface area contributed by atoms with Crippen LogP contribution in [0.2, 0.25) is 0 Å². The van der Waals surface area contributed by atoms with Crippen LogP contribution >= 0.6 is 0 Å². The Morgan fingerprint density at radius 1 is 1.08 bits per heavy atom. The summed E-state index contributed by atoms with van der Waals surface area (Å²) in [6.45, 7) is 6.14. The van der Waals surface area contributed by atoms with E-state index in [2.05, 4.69) is 6.92 Å². The minimum Gasteiger partial charge on any atom is -0.295 e. The third kappa shape index (κ3) is 9.32. The Balaban J connectivity index is 3.33. The molecule has 0 aromatic heterocycles. The van der Waals surface area contributed by atoms with E-state index >= 15 is 0 Å². The number of rotatable bonds is 7. The number of carbonyl (C=O) groups is 1. The minimum atomic E-state index is 0.288. The number of allylic oxidation sites excluding steroid dienone is 2. The Kier molecular flexibility index (Phi) is 7.66. The van der Waals surface area contributed by atoms with E-state index in [0.717, 1.165) is 18.4 Å². The van der Waals surface area contributed by atoms with Crippen molar-refractivity contribution < 1.29 is 4.79 Å². The molecule has 1 heteroatoms. The maximum absolute atomic E-state index is 11.2. The number of carbonyl (C=O) groups excluding carboxylic acids is 1. The summed E-state index contributed by atoms with van der Waals surface area (Å²) in [5.74, 6) is 0.288. The highest BCUT2D eigenvalue weighted by molar-refractivity contribution is 5.90. The monoisotopic (exact) mass is 182 g/mol. The highest BCUT2D eigenvalue weighted by Crippen LogP contribution is 2.06. The number of hydrogen-bond donors (Lipinski definition) is 0. The van der Waals surface area contributed by atoms with Gasteiger partial charge in [-0.1, -0.05) is 38.2 Å². The summed E-state index contributed by atoms with van der Waals surface area (Å²) < 4.78 is 0. The molecule has 0 amide bonds. The summed E-state index contributed by atoms with van der Waals surface area (Å²) in [4.78, 5) is 11.2. The van der Waals surface area contributed by atoms with E-state index in [0.29, 0.717) is 0 Å². The Bertz CT molecular complexity index is 164. The van der Waals surface area contributed by atoms with E-state index in [1.54, 1.807) is 6.08 Å². The lowest BCUT2D eigenvalue weighted by Crippen LogP contribution is -1.93. The first-order chi connectivity index (χ1) is 6.16. The van der Waals surface area contributed by atoms with Crippen molar-refractivity contribution in [3.05, 3.63) is 11.6 Å². The van der Waals surface area contributed by atoms with Crippen molar-refractivity contribution >= 4 is 5.78 Å². The average Bonchev–Trinajstić information content (AvgIpc) is 2.02. The van der Waals surface area contributed by atoms with E-state index in [1.165, 1.54) is 25.7 Å². The molecule has 0 aliphatic rings. The largest absolute Gasteiger partial charge is 0.295 e. The van der Waals surface area contributed by atoms with Crippen LogP contribution in [0.15, 0.2) is 11.6 Å². The molecule has 0 atom stereocenters. The van der Waals surface area contributed by atoms with E-state index in [-0.39, 0.29) is 5.78 Å². The standard InChI is InChI=1S/C12H22O/c1-4-5-6-7-8-9-12(13)10-11(2)3/h10H,4-9H2,1-3H3. The molecule has 76 valence electrons. The second-order valence-corrected chi connectivity index (χ2v) is 3.85. The predicted octanol–water partition coefficient (Wildman–Crippen LogP) is 3.88. The van der Waals surface area contributed by atoms with Gasteiger partial charge in [-0.2, -0.15) is 0 Å². The van der Waals surface area contributed by atoms with Gasteiger partial charge in [-0.25, -0.2) is 0 Å². The maximum atomic E-state index is 11.2. The lowest BCUT2D eigenvalue weighted by molar-refractivity contribution is -0.114. The highest BCUT2D eigenvalue weighted by Gasteiger charge is 1.96. The van der Waals surface area contributed by atoms with E-state index in [1.807, 2.05) is 13.8 Å². The first-order valence-electron chi connectivity index (χ1n) is 5.34. The topological polar surface area (TPSA) is 17.1 Å². The summed E-state index contributed by atoms with van der Waals surface area (Å²) >= 11 is 0. The van der Waals surface area contributed by atoms with Crippen LogP contribution in [0.4, 0.5) is 0 Å². The van der Waals surface area contributed by atoms with Gasteiger partial charge in [0.25, 0.3) is 0 Å². The van der Waals surface area contributed by atoms with Crippen molar-refractivity contribution in [1.82, 2.24) is 0 Å². The normalized spacial score (nSPS) is 9.77. The van der Waals surface area contributed by atoms with Crippen LogP contribution in [-0.4, -0.2) is 5.78 Å². The molecular weight excluding hydrogens is 160 g/mol. The molecule has 0 fully saturated rings. The molecule has 0 unspecified atom stereocenters. The third-order valence-corrected chi connectivity index (χ3v) is 1.98. The average molecular weight is 182 g/mol. The molecule has 0 saturated heterocycles. The minimum absolute atomic E-state index is 0.288. The molecule has 0 bridgehead atoms. The van der Waals surface area contributed by atoms with E-state index < -0.39 is 0 Å². The van der Waals surface area contributed by atoms with Gasteiger partial charge in [0, 0.05) is 6.42 Å². The lowest BCUT2D eigenvalue weighted by atomic mass is 10.1. The molecule has 0 aliphatic heterocycles. The molecule has 0 rings (SSSR count). The maximum Gasteiger partial charge on any atom is 0.155 e. The third-order valence-electron chi connectivity index (χ3n) is 1.98. The van der Waals surface area contributed by atoms with Crippen molar-refractivity contribution in [2.45, 2.75) is 59.3 Å². The van der Waals surface area contributed by atoms with Crippen LogP contribution in [0.3, 0.4) is 0 Å². The Morgan fingerprint density at radius 2 is 1.69 bits per heavy atom. The quantitative estimate of drug-likeness (QED) is 0.431. The summed E-state index contributed by atoms with van der Waals surface area (Å²) in [5, 5.41) is 0. The molecule has 0 spiro atoms. The fraction of sp³-hybridized carbons (Fsp3) is 0.750. The highest BCUT2D eigenvalue weighted by atomic mass is 16.1. The molecule has 0 aromatic rings. The fourth-order valence-corrected chi connectivity index (χ4v) is 1.30. The van der Waals surface area contributed by atoms with Gasteiger partial charge in [-0.05, 0) is 26.3 Å². The van der Waals surface area contributed by atoms with E-state index in [9.17, 15) is 4.79 Å². The second-order valence-electron chi connectivity index (χ2n) is 3.85. The van der Waals surface area contributed by atoms with Gasteiger partial charge in [0.1, 0.15) is 0 Å². The van der Waals surface area contributed by atoms with Gasteiger partial charge >= 0.3 is 0 Å². The zero-order chi connectivity index (χ0) is 10.1. The molecule has 0 radical (unpaired) electrons. The fourth-order valence-electron chi connectivity index (χ4n) is 1.30. The van der Waals surface area contributed by atoms with Gasteiger partial charge in [0.2, 0.25) is 0 Å². The van der Waals surface area contributed by atoms with Crippen LogP contribution in [0.25, 0.3) is 0 Å². The molecule has 13 heavy (non-hydrogen) atoms. The molecule has 1 nitrogen and oxygen atoms in total. The van der Waals surface area contributed by atoms with Crippen molar-refractivity contribution in [3.63, 3.8) is 0 Å². The molecule has 0 aromatic carbocycles. The molecule has 0 saturated carbocycles.